The zero-order valence-corrected chi connectivity index (χ0v) is 8.46. The summed E-state index contributed by atoms with van der Waals surface area (Å²) < 4.78 is 5.38. The van der Waals surface area contributed by atoms with Crippen molar-refractivity contribution in [2.45, 2.75) is 41.6 Å². The molecule has 3 heteroatoms. The number of rotatable bonds is 0. The molecular formula is C8H11IO2. The molecule has 1 saturated heterocycles. The Kier molecular flexibility index (Phi) is 1.85. The van der Waals surface area contributed by atoms with Crippen LogP contribution in [0.15, 0.2) is 0 Å². The van der Waals surface area contributed by atoms with E-state index in [-0.39, 0.29) is 15.5 Å². The van der Waals surface area contributed by atoms with Crippen LogP contribution in [-0.2, 0) is 9.53 Å². The summed E-state index contributed by atoms with van der Waals surface area (Å²) in [5.41, 5.74) is 0. The average molecular weight is 266 g/mol. The van der Waals surface area contributed by atoms with Gasteiger partial charge in [-0.3, -0.25) is 4.79 Å². The fraction of sp³-hybridized carbons (Fsp3) is 0.875. The smallest absolute Gasteiger partial charge is 0.307 e. The Bertz CT molecular complexity index is 193. The van der Waals surface area contributed by atoms with Crippen molar-refractivity contribution >= 4 is 28.6 Å². The number of alkyl halides is 1. The lowest BCUT2D eigenvalue weighted by atomic mass is 9.86. The van der Waals surface area contributed by atoms with Gasteiger partial charge >= 0.3 is 5.97 Å². The van der Waals surface area contributed by atoms with Crippen LogP contribution in [0.1, 0.15) is 32.1 Å². The fourth-order valence-corrected chi connectivity index (χ4v) is 3.11. The van der Waals surface area contributed by atoms with E-state index >= 15 is 0 Å². The minimum Gasteiger partial charge on any atom is -0.461 e. The Morgan fingerprint density at radius 2 is 2.36 bits per heavy atom. The lowest BCUT2D eigenvalue weighted by molar-refractivity contribution is -0.141. The van der Waals surface area contributed by atoms with Crippen molar-refractivity contribution in [2.24, 2.45) is 0 Å². The summed E-state index contributed by atoms with van der Waals surface area (Å²) in [6, 6.07) is 0. The number of carbonyl (C=O) groups is 1. The molecule has 0 aromatic rings. The molecule has 1 aliphatic carbocycles. The molecule has 62 valence electrons. The van der Waals surface area contributed by atoms with E-state index in [4.69, 9.17) is 4.74 Å². The van der Waals surface area contributed by atoms with Crippen molar-refractivity contribution in [1.29, 1.82) is 0 Å². The summed E-state index contributed by atoms with van der Waals surface area (Å²) in [6.45, 7) is 0. The van der Waals surface area contributed by atoms with Crippen LogP contribution in [0.2, 0.25) is 0 Å². The van der Waals surface area contributed by atoms with Crippen molar-refractivity contribution in [3.05, 3.63) is 0 Å². The second-order valence-corrected chi connectivity index (χ2v) is 5.58. The normalized spacial score (nSPS) is 43.4. The van der Waals surface area contributed by atoms with Crippen molar-refractivity contribution in [2.75, 3.05) is 0 Å². The van der Waals surface area contributed by atoms with E-state index in [1.54, 1.807) is 0 Å². The summed E-state index contributed by atoms with van der Waals surface area (Å²) >= 11 is 2.41. The quantitative estimate of drug-likeness (QED) is 0.381. The second-order valence-electron chi connectivity index (χ2n) is 3.44. The predicted molar refractivity (Wildman–Crippen MR) is 49.7 cm³/mol. The Hall–Kier alpha value is 0.200. The molecule has 2 fully saturated rings. The van der Waals surface area contributed by atoms with Crippen molar-refractivity contribution in [1.82, 2.24) is 0 Å². The van der Waals surface area contributed by atoms with E-state index in [0.717, 1.165) is 12.8 Å². The highest BCUT2D eigenvalue weighted by Crippen LogP contribution is 2.45. The maximum atomic E-state index is 11.0. The molecular weight excluding hydrogens is 255 g/mol. The summed E-state index contributed by atoms with van der Waals surface area (Å²) in [6.07, 6.45) is 5.58. The summed E-state index contributed by atoms with van der Waals surface area (Å²) in [5, 5.41) is 0. The topological polar surface area (TPSA) is 26.3 Å². The lowest BCUT2D eigenvalue weighted by Crippen LogP contribution is -2.34. The third-order valence-electron chi connectivity index (χ3n) is 2.60. The summed E-state index contributed by atoms with van der Waals surface area (Å²) in [4.78, 5) is 11.0. The van der Waals surface area contributed by atoms with Crippen LogP contribution in [-0.4, -0.2) is 15.5 Å². The van der Waals surface area contributed by atoms with Gasteiger partial charge in [-0.15, -0.1) is 0 Å². The van der Waals surface area contributed by atoms with Gasteiger partial charge in [-0.25, -0.2) is 0 Å². The standard InChI is InChI=1S/C8H11IO2/c9-8-4-2-1-3-6(8)11-7(10)5-8/h6H,1-5H2/t6-,8+/m1/s1. The predicted octanol–water partition coefficient (Wildman–Crippen LogP) is 2.05. The molecule has 0 unspecified atom stereocenters. The molecule has 11 heavy (non-hydrogen) atoms. The molecule has 0 radical (unpaired) electrons. The number of carbonyl (C=O) groups excluding carboxylic acids is 1. The molecule has 2 nitrogen and oxygen atoms in total. The van der Waals surface area contributed by atoms with Gasteiger partial charge < -0.3 is 4.74 Å². The minimum atomic E-state index is 0.00583. The maximum absolute atomic E-state index is 11.0. The van der Waals surface area contributed by atoms with Crippen molar-refractivity contribution in [3.8, 4) is 0 Å². The molecule has 0 amide bonds. The molecule has 0 aromatic carbocycles. The van der Waals surface area contributed by atoms with Gasteiger partial charge in [-0.2, -0.15) is 0 Å². The zero-order chi connectivity index (χ0) is 7.90. The van der Waals surface area contributed by atoms with Crippen LogP contribution < -0.4 is 0 Å². The van der Waals surface area contributed by atoms with Crippen LogP contribution >= 0.6 is 22.6 Å². The van der Waals surface area contributed by atoms with Crippen molar-refractivity contribution < 1.29 is 9.53 Å². The highest BCUT2D eigenvalue weighted by atomic mass is 127. The third kappa shape index (κ3) is 1.27. The van der Waals surface area contributed by atoms with Gasteiger partial charge in [0.2, 0.25) is 0 Å². The van der Waals surface area contributed by atoms with E-state index in [9.17, 15) is 4.79 Å². The van der Waals surface area contributed by atoms with Gasteiger partial charge in [0.25, 0.3) is 0 Å². The Labute approximate surface area is 79.8 Å². The van der Waals surface area contributed by atoms with E-state index < -0.39 is 0 Å². The number of ether oxygens (including phenoxy) is 1. The van der Waals surface area contributed by atoms with Gasteiger partial charge in [-0.05, 0) is 19.3 Å². The highest BCUT2D eigenvalue weighted by Gasteiger charge is 2.48. The monoisotopic (exact) mass is 266 g/mol. The van der Waals surface area contributed by atoms with E-state index in [1.165, 1.54) is 12.8 Å². The highest BCUT2D eigenvalue weighted by molar-refractivity contribution is 14.1. The van der Waals surface area contributed by atoms with Crippen LogP contribution in [0.4, 0.5) is 0 Å². The molecule has 1 heterocycles. The number of esters is 1. The molecule has 0 spiro atoms. The number of fused-ring (bicyclic) bond motifs is 1. The fourth-order valence-electron chi connectivity index (χ4n) is 1.98. The summed E-state index contributed by atoms with van der Waals surface area (Å²) in [7, 11) is 0. The van der Waals surface area contributed by atoms with Gasteiger partial charge in [0.05, 0.1) is 9.84 Å². The Balaban J connectivity index is 2.17. The molecule has 0 bridgehead atoms. The SMILES string of the molecule is O=C1C[C@@]2(I)CCCC[C@H]2O1. The molecule has 1 aliphatic heterocycles. The number of hydrogen-bond acceptors (Lipinski definition) is 2. The van der Waals surface area contributed by atoms with E-state index in [2.05, 4.69) is 22.6 Å². The minimum absolute atomic E-state index is 0.00583. The first-order valence-electron chi connectivity index (χ1n) is 4.09. The molecule has 2 rings (SSSR count). The van der Waals surface area contributed by atoms with Gasteiger partial charge in [-0.1, -0.05) is 29.0 Å². The van der Waals surface area contributed by atoms with E-state index in [0.29, 0.717) is 6.42 Å². The third-order valence-corrected chi connectivity index (χ3v) is 4.21. The molecule has 1 saturated carbocycles. The summed E-state index contributed by atoms with van der Waals surface area (Å²) in [5.74, 6) is 0.00583. The zero-order valence-electron chi connectivity index (χ0n) is 6.31. The molecule has 2 atom stereocenters. The first-order valence-corrected chi connectivity index (χ1v) is 5.17. The number of hydrogen-bond donors (Lipinski definition) is 0. The van der Waals surface area contributed by atoms with Crippen molar-refractivity contribution in [3.63, 3.8) is 0 Å². The maximum Gasteiger partial charge on any atom is 0.307 e. The Morgan fingerprint density at radius 1 is 1.55 bits per heavy atom. The first-order chi connectivity index (χ1) is 5.21. The van der Waals surface area contributed by atoms with Crippen LogP contribution in [0.5, 0.6) is 0 Å². The lowest BCUT2D eigenvalue weighted by Gasteiger charge is -2.30. The van der Waals surface area contributed by atoms with Crippen LogP contribution in [0.25, 0.3) is 0 Å². The largest absolute Gasteiger partial charge is 0.461 e. The van der Waals surface area contributed by atoms with Crippen LogP contribution in [0, 0.1) is 0 Å². The second kappa shape index (κ2) is 2.61. The molecule has 0 N–H and O–H groups in total. The molecule has 0 aromatic heterocycles. The van der Waals surface area contributed by atoms with Gasteiger partial charge in [0.15, 0.2) is 0 Å². The average Bonchev–Trinajstić information content (AvgIpc) is 2.22. The number of halogens is 1. The van der Waals surface area contributed by atoms with Crippen LogP contribution in [0.3, 0.4) is 0 Å². The molecule has 2 aliphatic rings. The first kappa shape index (κ1) is 7.83. The van der Waals surface area contributed by atoms with Gasteiger partial charge in [0, 0.05) is 0 Å². The van der Waals surface area contributed by atoms with E-state index in [1.807, 2.05) is 0 Å². The Morgan fingerprint density at radius 3 is 3.09 bits per heavy atom. The van der Waals surface area contributed by atoms with Gasteiger partial charge in [0.1, 0.15) is 6.10 Å².